The second-order valence-corrected chi connectivity index (χ2v) is 7.23. The number of nitrogens with zero attached hydrogens (tertiary/aromatic N) is 1. The Morgan fingerprint density at radius 1 is 1.00 bits per heavy atom. The second kappa shape index (κ2) is 9.67. The molecule has 0 radical (unpaired) electrons. The minimum Gasteiger partial charge on any atom is -0.481 e. The third-order valence-corrected chi connectivity index (χ3v) is 4.80. The van der Waals surface area contributed by atoms with Crippen LogP contribution in [0.5, 0.6) is 0 Å². The minimum atomic E-state index is -1.14. The van der Waals surface area contributed by atoms with E-state index in [1.54, 1.807) is 4.57 Å². The number of carbonyl (C=O) groups is 3. The van der Waals surface area contributed by atoms with Crippen molar-refractivity contribution in [3.05, 3.63) is 100.0 Å². The van der Waals surface area contributed by atoms with Crippen molar-refractivity contribution in [2.45, 2.75) is 19.8 Å². The largest absolute Gasteiger partial charge is 0.481 e. The van der Waals surface area contributed by atoms with Gasteiger partial charge < -0.3 is 9.67 Å². The van der Waals surface area contributed by atoms with Gasteiger partial charge in [-0.15, -0.1) is 0 Å². The fraction of sp³-hybridized carbons (Fsp3) is 0.167. The van der Waals surface area contributed by atoms with Gasteiger partial charge in [0.2, 0.25) is 5.91 Å². The van der Waals surface area contributed by atoms with Crippen molar-refractivity contribution in [3.8, 4) is 5.69 Å². The summed E-state index contributed by atoms with van der Waals surface area (Å²) in [5.41, 5.74) is 1.73. The predicted octanol–water partition coefficient (Wildman–Crippen LogP) is 2.80. The maximum atomic E-state index is 12.7. The van der Waals surface area contributed by atoms with Gasteiger partial charge in [-0.2, -0.15) is 0 Å². The van der Waals surface area contributed by atoms with Crippen LogP contribution in [-0.2, 0) is 16.0 Å². The van der Waals surface area contributed by atoms with Crippen LogP contribution in [0.25, 0.3) is 5.69 Å². The van der Waals surface area contributed by atoms with Crippen molar-refractivity contribution in [2.24, 2.45) is 5.92 Å². The lowest BCUT2D eigenvalue weighted by Gasteiger charge is -2.16. The summed E-state index contributed by atoms with van der Waals surface area (Å²) in [4.78, 5) is 48.2. The van der Waals surface area contributed by atoms with Gasteiger partial charge in [-0.25, -0.2) is 0 Å². The zero-order chi connectivity index (χ0) is 22.4. The second-order valence-electron chi connectivity index (χ2n) is 7.23. The van der Waals surface area contributed by atoms with Crippen LogP contribution in [0.1, 0.15) is 35.0 Å². The lowest BCUT2D eigenvalue weighted by atomic mass is 10.1. The van der Waals surface area contributed by atoms with Gasteiger partial charge in [-0.3, -0.25) is 24.5 Å². The van der Waals surface area contributed by atoms with Crippen LogP contribution in [0.2, 0.25) is 0 Å². The van der Waals surface area contributed by atoms with Crippen molar-refractivity contribution < 1.29 is 19.5 Å². The Morgan fingerprint density at radius 3 is 2.23 bits per heavy atom. The number of aliphatic carboxylic acids is 1. The van der Waals surface area contributed by atoms with Crippen molar-refractivity contribution >= 4 is 17.8 Å². The molecule has 31 heavy (non-hydrogen) atoms. The standard InChI is InChI=1S/C24H22N2O5/c1-16(24(30)31)12-22(28)25-23(29)20-15-26(18-10-6-3-7-11-18)19(14-21(20)27)13-17-8-4-2-5-9-17/h2-11,14-16H,12-13H2,1H3,(H,30,31)(H,25,28,29). The number of para-hydroxylation sites is 1. The number of amides is 2. The third-order valence-electron chi connectivity index (χ3n) is 4.80. The quantitative estimate of drug-likeness (QED) is 0.614. The number of carbonyl (C=O) groups excluding carboxylic acids is 2. The number of imide groups is 1. The summed E-state index contributed by atoms with van der Waals surface area (Å²) in [7, 11) is 0. The Balaban J connectivity index is 1.95. The Bertz CT molecular complexity index is 1150. The molecule has 0 aliphatic heterocycles. The van der Waals surface area contributed by atoms with E-state index in [2.05, 4.69) is 5.32 Å². The molecular weight excluding hydrogens is 396 g/mol. The molecule has 2 aromatic carbocycles. The van der Waals surface area contributed by atoms with Gasteiger partial charge in [0.15, 0.2) is 5.43 Å². The summed E-state index contributed by atoms with van der Waals surface area (Å²) in [6, 6.07) is 20.2. The van der Waals surface area contributed by atoms with Crippen LogP contribution in [0, 0.1) is 5.92 Å². The molecule has 1 aromatic heterocycles. The fourth-order valence-electron chi connectivity index (χ4n) is 3.13. The monoisotopic (exact) mass is 418 g/mol. The van der Waals surface area contributed by atoms with E-state index in [0.717, 1.165) is 11.3 Å². The van der Waals surface area contributed by atoms with Crippen molar-refractivity contribution in [1.82, 2.24) is 9.88 Å². The van der Waals surface area contributed by atoms with Crippen molar-refractivity contribution in [1.29, 1.82) is 0 Å². The SMILES string of the molecule is CC(CC(=O)NC(=O)c1cn(-c2ccccc2)c(Cc2ccccc2)cc1=O)C(=O)O. The van der Waals surface area contributed by atoms with E-state index in [4.69, 9.17) is 5.11 Å². The van der Waals surface area contributed by atoms with Gasteiger partial charge in [0.25, 0.3) is 5.91 Å². The van der Waals surface area contributed by atoms with Crippen LogP contribution < -0.4 is 10.7 Å². The van der Waals surface area contributed by atoms with Gasteiger partial charge in [0.1, 0.15) is 5.56 Å². The molecule has 2 N–H and O–H groups in total. The van der Waals surface area contributed by atoms with Gasteiger partial charge in [-0.1, -0.05) is 55.5 Å². The maximum absolute atomic E-state index is 12.7. The van der Waals surface area contributed by atoms with E-state index in [1.807, 2.05) is 60.7 Å². The Kier molecular flexibility index (Phi) is 6.77. The van der Waals surface area contributed by atoms with E-state index in [-0.39, 0.29) is 12.0 Å². The number of carboxylic acids is 1. The number of hydrogen-bond acceptors (Lipinski definition) is 4. The fourth-order valence-corrected chi connectivity index (χ4v) is 3.13. The summed E-state index contributed by atoms with van der Waals surface area (Å²) in [6.45, 7) is 1.37. The molecule has 7 nitrogen and oxygen atoms in total. The number of nitrogens with one attached hydrogen (secondary N) is 1. The van der Waals surface area contributed by atoms with Crippen LogP contribution in [-0.4, -0.2) is 27.5 Å². The molecule has 0 aliphatic rings. The van der Waals surface area contributed by atoms with Gasteiger partial charge in [0, 0.05) is 36.5 Å². The Labute approximate surface area is 179 Å². The van der Waals surface area contributed by atoms with Crippen LogP contribution >= 0.6 is 0 Å². The van der Waals surface area contributed by atoms with E-state index in [0.29, 0.717) is 12.1 Å². The molecule has 0 saturated heterocycles. The van der Waals surface area contributed by atoms with Gasteiger partial charge in [0.05, 0.1) is 5.92 Å². The first-order chi connectivity index (χ1) is 14.8. The molecule has 1 unspecified atom stereocenters. The highest BCUT2D eigenvalue weighted by atomic mass is 16.4. The highest BCUT2D eigenvalue weighted by Gasteiger charge is 2.20. The molecule has 158 valence electrons. The molecule has 1 heterocycles. The zero-order valence-electron chi connectivity index (χ0n) is 16.9. The summed E-state index contributed by atoms with van der Waals surface area (Å²) in [6.07, 6.45) is 1.53. The molecular formula is C24H22N2O5. The summed E-state index contributed by atoms with van der Waals surface area (Å²) in [5, 5.41) is 11.0. The summed E-state index contributed by atoms with van der Waals surface area (Å²) in [5.74, 6) is -3.69. The molecule has 0 aliphatic carbocycles. The average molecular weight is 418 g/mol. The number of pyridine rings is 1. The van der Waals surface area contributed by atoms with Crippen LogP contribution in [0.3, 0.4) is 0 Å². The van der Waals surface area contributed by atoms with E-state index in [9.17, 15) is 19.2 Å². The number of hydrogen-bond donors (Lipinski definition) is 2. The first kappa shape index (κ1) is 21.7. The first-order valence-electron chi connectivity index (χ1n) is 9.77. The predicted molar refractivity (Wildman–Crippen MR) is 115 cm³/mol. The molecule has 2 amide bonds. The summed E-state index contributed by atoms with van der Waals surface area (Å²) < 4.78 is 1.74. The van der Waals surface area contributed by atoms with Crippen molar-refractivity contribution in [2.75, 3.05) is 0 Å². The maximum Gasteiger partial charge on any atom is 0.306 e. The highest BCUT2D eigenvalue weighted by molar-refractivity contribution is 6.05. The molecule has 3 aromatic rings. The highest BCUT2D eigenvalue weighted by Crippen LogP contribution is 2.15. The summed E-state index contributed by atoms with van der Waals surface area (Å²) >= 11 is 0. The van der Waals surface area contributed by atoms with E-state index < -0.39 is 29.1 Å². The van der Waals surface area contributed by atoms with Gasteiger partial charge in [-0.05, 0) is 17.7 Å². The lowest BCUT2D eigenvalue weighted by molar-refractivity contribution is -0.143. The molecule has 1 atom stereocenters. The van der Waals surface area contributed by atoms with Crippen molar-refractivity contribution in [3.63, 3.8) is 0 Å². The van der Waals surface area contributed by atoms with E-state index in [1.165, 1.54) is 19.2 Å². The van der Waals surface area contributed by atoms with Crippen LogP contribution in [0.15, 0.2) is 77.7 Å². The third kappa shape index (κ3) is 5.54. The average Bonchev–Trinajstić information content (AvgIpc) is 2.75. The van der Waals surface area contributed by atoms with Gasteiger partial charge >= 0.3 is 5.97 Å². The molecule has 0 spiro atoms. The molecule has 0 fully saturated rings. The molecule has 7 heteroatoms. The number of benzene rings is 2. The minimum absolute atomic E-state index is 0.197. The van der Waals surface area contributed by atoms with Crippen LogP contribution in [0.4, 0.5) is 0 Å². The lowest BCUT2D eigenvalue weighted by Crippen LogP contribution is -2.36. The topological polar surface area (TPSA) is 105 Å². The Morgan fingerprint density at radius 2 is 1.61 bits per heavy atom. The molecule has 0 saturated carbocycles. The Hall–Kier alpha value is -4.00. The zero-order valence-corrected chi connectivity index (χ0v) is 16.9. The first-order valence-corrected chi connectivity index (χ1v) is 9.77. The number of aromatic nitrogens is 1. The molecule has 3 rings (SSSR count). The number of carboxylic acid groups (broad SMARTS) is 1. The normalized spacial score (nSPS) is 11.5. The number of rotatable bonds is 7. The smallest absolute Gasteiger partial charge is 0.306 e. The van der Waals surface area contributed by atoms with E-state index >= 15 is 0 Å². The molecule has 0 bridgehead atoms.